The third kappa shape index (κ3) is 3.47. The number of carboxylic acids is 1. The van der Waals surface area contributed by atoms with Crippen molar-refractivity contribution in [3.63, 3.8) is 0 Å². The number of amides is 1. The Hall–Kier alpha value is -1.52. The molecule has 1 aliphatic rings. The van der Waals surface area contributed by atoms with Crippen molar-refractivity contribution in [1.82, 2.24) is 4.90 Å². The van der Waals surface area contributed by atoms with E-state index in [1.807, 2.05) is 6.92 Å². The lowest BCUT2D eigenvalue weighted by Crippen LogP contribution is -2.30. The summed E-state index contributed by atoms with van der Waals surface area (Å²) in [6, 6.07) is 0. The van der Waals surface area contributed by atoms with Gasteiger partial charge in [-0.1, -0.05) is 26.0 Å². The van der Waals surface area contributed by atoms with Crippen molar-refractivity contribution in [2.45, 2.75) is 19.8 Å². The number of rotatable bonds is 5. The Morgan fingerprint density at radius 1 is 1.53 bits per heavy atom. The Morgan fingerprint density at radius 3 is 2.76 bits per heavy atom. The number of aliphatic carboxylic acids is 1. The van der Waals surface area contributed by atoms with Gasteiger partial charge in [0.2, 0.25) is 0 Å². The minimum absolute atomic E-state index is 0.0359. The Bertz CT molecular complexity index is 303. The van der Waals surface area contributed by atoms with Crippen LogP contribution < -0.4 is 0 Å². The molecule has 1 saturated heterocycles. The van der Waals surface area contributed by atoms with Crippen molar-refractivity contribution < 1.29 is 19.4 Å². The van der Waals surface area contributed by atoms with Gasteiger partial charge in [-0.15, -0.1) is 0 Å². The summed E-state index contributed by atoms with van der Waals surface area (Å²) in [5, 5.41) is 9.09. The van der Waals surface area contributed by atoms with Crippen LogP contribution in [-0.2, 0) is 9.53 Å². The SMILES string of the molecule is C=CCOC(=O)N1C[C@@H](CCC)[C@H](C(=O)O)C1. The zero-order valence-corrected chi connectivity index (χ0v) is 10.1. The van der Waals surface area contributed by atoms with Gasteiger partial charge in [0.05, 0.1) is 5.92 Å². The number of carboxylic acid groups (broad SMARTS) is 1. The molecule has 0 unspecified atom stereocenters. The van der Waals surface area contributed by atoms with Gasteiger partial charge < -0.3 is 14.7 Å². The maximum absolute atomic E-state index is 11.6. The van der Waals surface area contributed by atoms with Crippen LogP contribution in [0.1, 0.15) is 19.8 Å². The lowest BCUT2D eigenvalue weighted by Gasteiger charge is -2.15. The van der Waals surface area contributed by atoms with Crippen LogP contribution in [0.3, 0.4) is 0 Å². The van der Waals surface area contributed by atoms with Crippen LogP contribution in [0.25, 0.3) is 0 Å². The van der Waals surface area contributed by atoms with E-state index in [9.17, 15) is 9.59 Å². The first kappa shape index (κ1) is 13.5. The lowest BCUT2D eigenvalue weighted by molar-refractivity contribution is -0.142. The largest absolute Gasteiger partial charge is 0.481 e. The summed E-state index contributed by atoms with van der Waals surface area (Å²) < 4.78 is 4.91. The predicted molar refractivity (Wildman–Crippen MR) is 62.6 cm³/mol. The minimum Gasteiger partial charge on any atom is -0.481 e. The van der Waals surface area contributed by atoms with Gasteiger partial charge in [-0.25, -0.2) is 4.79 Å². The molecule has 1 aliphatic heterocycles. The van der Waals surface area contributed by atoms with Crippen LogP contribution in [0, 0.1) is 11.8 Å². The number of nitrogens with zero attached hydrogens (tertiary/aromatic N) is 1. The smallest absolute Gasteiger partial charge is 0.410 e. The average molecular weight is 241 g/mol. The molecule has 0 aromatic heterocycles. The van der Waals surface area contributed by atoms with Crippen LogP contribution in [0.4, 0.5) is 4.79 Å². The molecule has 0 aliphatic carbocycles. The molecular weight excluding hydrogens is 222 g/mol. The molecule has 5 nitrogen and oxygen atoms in total. The Morgan fingerprint density at radius 2 is 2.24 bits per heavy atom. The molecule has 0 spiro atoms. The van der Waals surface area contributed by atoms with Gasteiger partial charge in [-0.3, -0.25) is 4.79 Å². The highest BCUT2D eigenvalue weighted by Crippen LogP contribution is 2.28. The molecular formula is C12H19NO4. The van der Waals surface area contributed by atoms with Crippen LogP contribution in [0.5, 0.6) is 0 Å². The van der Waals surface area contributed by atoms with E-state index >= 15 is 0 Å². The summed E-state index contributed by atoms with van der Waals surface area (Å²) in [6.07, 6.45) is 2.79. The highest BCUT2D eigenvalue weighted by molar-refractivity contribution is 5.74. The number of carbonyl (C=O) groups is 2. The molecule has 0 bridgehead atoms. The standard InChI is InChI=1S/C12H19NO4/c1-3-5-9-7-13(8-10(9)11(14)15)12(16)17-6-4-2/h4,9-10H,2-3,5-8H2,1H3,(H,14,15)/t9-,10-/m1/s1. The fourth-order valence-electron chi connectivity index (χ4n) is 2.18. The molecule has 0 radical (unpaired) electrons. The van der Waals surface area contributed by atoms with Crippen LogP contribution in [-0.4, -0.2) is 41.8 Å². The Balaban J connectivity index is 2.58. The molecule has 1 rings (SSSR count). The molecule has 0 aromatic rings. The Labute approximate surface area is 101 Å². The average Bonchev–Trinajstić information content (AvgIpc) is 2.70. The quantitative estimate of drug-likeness (QED) is 0.744. The first-order valence-electron chi connectivity index (χ1n) is 5.85. The maximum atomic E-state index is 11.6. The topological polar surface area (TPSA) is 66.8 Å². The van der Waals surface area contributed by atoms with Gasteiger partial charge in [0.15, 0.2) is 0 Å². The number of ether oxygens (including phenoxy) is 1. The molecule has 1 amide bonds. The zero-order chi connectivity index (χ0) is 12.8. The first-order valence-corrected chi connectivity index (χ1v) is 5.85. The fraction of sp³-hybridized carbons (Fsp3) is 0.667. The van der Waals surface area contributed by atoms with E-state index in [1.54, 1.807) is 0 Å². The fourth-order valence-corrected chi connectivity index (χ4v) is 2.18. The van der Waals surface area contributed by atoms with Crippen LogP contribution in [0.2, 0.25) is 0 Å². The second-order valence-corrected chi connectivity index (χ2v) is 4.26. The molecule has 0 aromatic carbocycles. The zero-order valence-electron chi connectivity index (χ0n) is 10.1. The van der Waals surface area contributed by atoms with E-state index in [-0.39, 0.29) is 19.1 Å². The third-order valence-electron chi connectivity index (χ3n) is 3.00. The molecule has 1 heterocycles. The summed E-state index contributed by atoms with van der Waals surface area (Å²) in [7, 11) is 0. The van der Waals surface area contributed by atoms with Crippen LogP contribution >= 0.6 is 0 Å². The minimum atomic E-state index is -0.831. The molecule has 96 valence electrons. The van der Waals surface area contributed by atoms with Crippen molar-refractivity contribution >= 4 is 12.1 Å². The number of likely N-dealkylation sites (tertiary alicyclic amines) is 1. The highest BCUT2D eigenvalue weighted by atomic mass is 16.6. The van der Waals surface area contributed by atoms with E-state index < -0.39 is 18.0 Å². The van der Waals surface area contributed by atoms with Gasteiger partial charge in [0, 0.05) is 13.1 Å². The number of hydrogen-bond donors (Lipinski definition) is 1. The molecule has 1 N–H and O–H groups in total. The normalized spacial score (nSPS) is 23.5. The number of hydrogen-bond acceptors (Lipinski definition) is 3. The van der Waals surface area contributed by atoms with Gasteiger partial charge in [0.1, 0.15) is 6.61 Å². The van der Waals surface area contributed by atoms with Crippen molar-refractivity contribution in [3.8, 4) is 0 Å². The second kappa shape index (κ2) is 6.27. The van der Waals surface area contributed by atoms with E-state index in [0.717, 1.165) is 12.8 Å². The van der Waals surface area contributed by atoms with E-state index in [4.69, 9.17) is 9.84 Å². The summed E-state index contributed by atoms with van der Waals surface area (Å²) in [6.45, 7) is 6.35. The summed E-state index contributed by atoms with van der Waals surface area (Å²) in [5.41, 5.74) is 0. The summed E-state index contributed by atoms with van der Waals surface area (Å²) in [5.74, 6) is -1.26. The lowest BCUT2D eigenvalue weighted by atomic mass is 9.92. The van der Waals surface area contributed by atoms with E-state index in [1.165, 1.54) is 11.0 Å². The van der Waals surface area contributed by atoms with Crippen molar-refractivity contribution in [1.29, 1.82) is 0 Å². The van der Waals surface area contributed by atoms with Gasteiger partial charge >= 0.3 is 12.1 Å². The third-order valence-corrected chi connectivity index (χ3v) is 3.00. The first-order chi connectivity index (χ1) is 8.10. The van der Waals surface area contributed by atoms with Crippen molar-refractivity contribution in [3.05, 3.63) is 12.7 Å². The molecule has 5 heteroatoms. The van der Waals surface area contributed by atoms with Crippen molar-refractivity contribution in [2.24, 2.45) is 11.8 Å². The van der Waals surface area contributed by atoms with Crippen molar-refractivity contribution in [2.75, 3.05) is 19.7 Å². The van der Waals surface area contributed by atoms with Gasteiger partial charge in [-0.2, -0.15) is 0 Å². The Kier molecular flexibility index (Phi) is 5.00. The number of carbonyl (C=O) groups excluding carboxylic acids is 1. The monoisotopic (exact) mass is 241 g/mol. The molecule has 1 fully saturated rings. The van der Waals surface area contributed by atoms with Gasteiger partial charge in [0.25, 0.3) is 0 Å². The summed E-state index contributed by atoms with van der Waals surface area (Å²) in [4.78, 5) is 24.1. The predicted octanol–water partition coefficient (Wildman–Crippen LogP) is 1.74. The molecule has 0 saturated carbocycles. The van der Waals surface area contributed by atoms with Crippen LogP contribution in [0.15, 0.2) is 12.7 Å². The second-order valence-electron chi connectivity index (χ2n) is 4.26. The highest BCUT2D eigenvalue weighted by Gasteiger charge is 2.39. The van der Waals surface area contributed by atoms with E-state index in [2.05, 4.69) is 6.58 Å². The van der Waals surface area contributed by atoms with E-state index in [0.29, 0.717) is 6.54 Å². The summed E-state index contributed by atoms with van der Waals surface area (Å²) >= 11 is 0. The maximum Gasteiger partial charge on any atom is 0.410 e. The molecule has 2 atom stereocenters. The van der Waals surface area contributed by atoms with Gasteiger partial charge in [-0.05, 0) is 12.3 Å². The molecule has 17 heavy (non-hydrogen) atoms.